The van der Waals surface area contributed by atoms with Crippen LogP contribution in [0, 0.1) is 11.3 Å². The molecule has 0 aliphatic rings. The van der Waals surface area contributed by atoms with E-state index in [1.807, 2.05) is 0 Å². The van der Waals surface area contributed by atoms with Crippen LogP contribution in [0.15, 0.2) is 0 Å². The summed E-state index contributed by atoms with van der Waals surface area (Å²) in [5.74, 6) is 0. The second kappa shape index (κ2) is 6.18. The van der Waals surface area contributed by atoms with E-state index >= 15 is 0 Å². The Hall–Kier alpha value is -0.550. The van der Waals surface area contributed by atoms with E-state index in [9.17, 15) is 0 Å². The fourth-order valence-corrected chi connectivity index (χ4v) is 1.27. The summed E-state index contributed by atoms with van der Waals surface area (Å²) in [6.07, 6.45) is 2.09. The highest BCUT2D eigenvalue weighted by Gasteiger charge is 2.12. The second-order valence-electron chi connectivity index (χ2n) is 2.65. The molecule has 0 amide bonds. The first-order valence-corrected chi connectivity index (χ1v) is 4.43. The summed E-state index contributed by atoms with van der Waals surface area (Å²) in [5, 5.41) is 8.80. The van der Waals surface area contributed by atoms with Gasteiger partial charge in [-0.1, -0.05) is 27.2 Å². The highest BCUT2D eigenvalue weighted by Crippen LogP contribution is 2.04. The Labute approximate surface area is 69.8 Å². The molecule has 0 aliphatic heterocycles. The zero-order valence-electron chi connectivity index (χ0n) is 7.80. The Balaban J connectivity index is 3.89. The zero-order chi connectivity index (χ0) is 8.69. The van der Waals surface area contributed by atoms with Crippen molar-refractivity contribution in [3.63, 3.8) is 0 Å². The minimum absolute atomic E-state index is 0.134. The maximum atomic E-state index is 8.80. The van der Waals surface area contributed by atoms with Crippen LogP contribution in [0.1, 0.15) is 33.6 Å². The van der Waals surface area contributed by atoms with Gasteiger partial charge in [0.25, 0.3) is 0 Å². The van der Waals surface area contributed by atoms with Crippen LogP contribution in [0.2, 0.25) is 0 Å². The van der Waals surface area contributed by atoms with Crippen molar-refractivity contribution in [2.45, 2.75) is 39.7 Å². The van der Waals surface area contributed by atoms with Crippen molar-refractivity contribution in [3.8, 4) is 6.07 Å². The predicted octanol–water partition coefficient (Wildman–Crippen LogP) is 2.02. The number of nitrogens with zero attached hydrogens (tertiary/aromatic N) is 2. The van der Waals surface area contributed by atoms with Crippen molar-refractivity contribution < 1.29 is 0 Å². The van der Waals surface area contributed by atoms with Gasteiger partial charge >= 0.3 is 0 Å². The van der Waals surface area contributed by atoms with Gasteiger partial charge in [-0.15, -0.1) is 0 Å². The van der Waals surface area contributed by atoms with E-state index in [4.69, 9.17) is 5.26 Å². The fourth-order valence-electron chi connectivity index (χ4n) is 1.27. The number of hydrogen-bond donors (Lipinski definition) is 0. The molecule has 0 aromatic carbocycles. The van der Waals surface area contributed by atoms with Gasteiger partial charge in [-0.2, -0.15) is 5.26 Å². The van der Waals surface area contributed by atoms with Crippen molar-refractivity contribution in [3.05, 3.63) is 0 Å². The molecule has 0 saturated carbocycles. The number of hydrogen-bond acceptors (Lipinski definition) is 2. The smallest absolute Gasteiger partial charge is 0.0977 e. The van der Waals surface area contributed by atoms with Crippen molar-refractivity contribution >= 4 is 0 Å². The molecule has 0 fully saturated rings. The molecule has 0 aromatic heterocycles. The van der Waals surface area contributed by atoms with Gasteiger partial charge < -0.3 is 0 Å². The molecule has 0 aliphatic carbocycles. The molecule has 0 bridgehead atoms. The molecular formula is C9H18N2. The zero-order valence-corrected chi connectivity index (χ0v) is 7.80. The Kier molecular flexibility index (Phi) is 5.87. The van der Waals surface area contributed by atoms with Crippen molar-refractivity contribution in [1.29, 1.82) is 5.26 Å². The van der Waals surface area contributed by atoms with Gasteiger partial charge in [0.2, 0.25) is 0 Å². The number of rotatable bonds is 5. The normalized spacial score (nSPS) is 13.0. The summed E-state index contributed by atoms with van der Waals surface area (Å²) in [5.41, 5.74) is 0. The van der Waals surface area contributed by atoms with E-state index in [1.54, 1.807) is 0 Å². The fraction of sp³-hybridized carbons (Fsp3) is 0.889. The minimum Gasteiger partial charge on any atom is -0.289 e. The molecule has 2 heteroatoms. The standard InChI is InChI=1S/C9H18N2/c1-4-7-9(8-10)11(5-2)6-3/h9H,4-7H2,1-3H3. The van der Waals surface area contributed by atoms with Crippen LogP contribution < -0.4 is 0 Å². The molecule has 0 rings (SSSR count). The minimum atomic E-state index is 0.134. The van der Waals surface area contributed by atoms with Crippen LogP contribution in [-0.2, 0) is 0 Å². The largest absolute Gasteiger partial charge is 0.289 e. The summed E-state index contributed by atoms with van der Waals surface area (Å²) in [6, 6.07) is 2.47. The van der Waals surface area contributed by atoms with E-state index in [-0.39, 0.29) is 6.04 Å². The molecule has 0 radical (unpaired) electrons. The molecular weight excluding hydrogens is 136 g/mol. The topological polar surface area (TPSA) is 27.0 Å². The van der Waals surface area contributed by atoms with Crippen LogP contribution >= 0.6 is 0 Å². The van der Waals surface area contributed by atoms with Crippen LogP contribution in [0.4, 0.5) is 0 Å². The Morgan fingerprint density at radius 1 is 1.27 bits per heavy atom. The first-order valence-electron chi connectivity index (χ1n) is 4.43. The first kappa shape index (κ1) is 10.4. The molecule has 64 valence electrons. The molecule has 0 N–H and O–H groups in total. The molecule has 1 unspecified atom stereocenters. The van der Waals surface area contributed by atoms with E-state index in [0.29, 0.717) is 0 Å². The molecule has 1 atom stereocenters. The lowest BCUT2D eigenvalue weighted by Gasteiger charge is -2.23. The van der Waals surface area contributed by atoms with Gasteiger partial charge in [0.05, 0.1) is 12.1 Å². The summed E-state index contributed by atoms with van der Waals surface area (Å²) < 4.78 is 0. The quantitative estimate of drug-likeness (QED) is 0.605. The number of nitriles is 1. The summed E-state index contributed by atoms with van der Waals surface area (Å²) >= 11 is 0. The van der Waals surface area contributed by atoms with Gasteiger partial charge in [-0.25, -0.2) is 0 Å². The lowest BCUT2D eigenvalue weighted by Crippen LogP contribution is -2.33. The maximum Gasteiger partial charge on any atom is 0.0977 e. The average Bonchev–Trinajstić information content (AvgIpc) is 2.05. The lowest BCUT2D eigenvalue weighted by molar-refractivity contribution is 0.248. The van der Waals surface area contributed by atoms with Gasteiger partial charge in [0, 0.05) is 0 Å². The van der Waals surface area contributed by atoms with Gasteiger partial charge in [-0.3, -0.25) is 4.90 Å². The third-order valence-electron chi connectivity index (χ3n) is 1.96. The average molecular weight is 154 g/mol. The third kappa shape index (κ3) is 3.38. The van der Waals surface area contributed by atoms with E-state index in [0.717, 1.165) is 25.9 Å². The van der Waals surface area contributed by atoms with Gasteiger partial charge in [0.15, 0.2) is 0 Å². The maximum absolute atomic E-state index is 8.80. The van der Waals surface area contributed by atoms with E-state index in [1.165, 1.54) is 0 Å². The molecule has 0 spiro atoms. The SMILES string of the molecule is CCCC(C#N)N(CC)CC. The first-order chi connectivity index (χ1) is 5.29. The van der Waals surface area contributed by atoms with E-state index in [2.05, 4.69) is 31.7 Å². The van der Waals surface area contributed by atoms with E-state index < -0.39 is 0 Å². The molecule has 0 saturated heterocycles. The van der Waals surface area contributed by atoms with Crippen LogP contribution in [0.25, 0.3) is 0 Å². The van der Waals surface area contributed by atoms with Crippen molar-refractivity contribution in [1.82, 2.24) is 4.90 Å². The molecule has 2 nitrogen and oxygen atoms in total. The van der Waals surface area contributed by atoms with Crippen LogP contribution in [0.3, 0.4) is 0 Å². The Bertz CT molecular complexity index is 122. The summed E-state index contributed by atoms with van der Waals surface area (Å²) in [7, 11) is 0. The highest BCUT2D eigenvalue weighted by atomic mass is 15.1. The highest BCUT2D eigenvalue weighted by molar-refractivity contribution is 4.90. The molecule has 0 aromatic rings. The van der Waals surface area contributed by atoms with Crippen molar-refractivity contribution in [2.24, 2.45) is 0 Å². The van der Waals surface area contributed by atoms with Crippen molar-refractivity contribution in [2.75, 3.05) is 13.1 Å². The summed E-state index contributed by atoms with van der Waals surface area (Å²) in [6.45, 7) is 8.28. The monoisotopic (exact) mass is 154 g/mol. The molecule has 11 heavy (non-hydrogen) atoms. The second-order valence-corrected chi connectivity index (χ2v) is 2.65. The summed E-state index contributed by atoms with van der Waals surface area (Å²) in [4.78, 5) is 2.20. The predicted molar refractivity (Wildman–Crippen MR) is 47.2 cm³/mol. The van der Waals surface area contributed by atoms with Crippen LogP contribution in [-0.4, -0.2) is 24.0 Å². The molecule has 0 heterocycles. The lowest BCUT2D eigenvalue weighted by atomic mass is 10.1. The van der Waals surface area contributed by atoms with Gasteiger partial charge in [0.1, 0.15) is 0 Å². The Morgan fingerprint density at radius 2 is 1.82 bits per heavy atom. The Morgan fingerprint density at radius 3 is 2.09 bits per heavy atom. The third-order valence-corrected chi connectivity index (χ3v) is 1.96. The van der Waals surface area contributed by atoms with Gasteiger partial charge in [-0.05, 0) is 19.5 Å². The van der Waals surface area contributed by atoms with Crippen LogP contribution in [0.5, 0.6) is 0 Å².